The number of hydrogen-bond acceptors (Lipinski definition) is 5. The molecule has 0 aliphatic heterocycles. The van der Waals surface area contributed by atoms with Gasteiger partial charge in [-0.25, -0.2) is 4.68 Å². The van der Waals surface area contributed by atoms with Crippen LogP contribution < -0.4 is 10.9 Å². The summed E-state index contributed by atoms with van der Waals surface area (Å²) in [6.45, 7) is -0.872. The molecule has 1 aromatic rings. The number of ether oxygens (including phenoxy) is 1. The van der Waals surface area contributed by atoms with Crippen LogP contribution in [0, 0.1) is 0 Å². The third-order valence-electron chi connectivity index (χ3n) is 2.22. The van der Waals surface area contributed by atoms with Crippen LogP contribution in [-0.4, -0.2) is 35.6 Å². The summed E-state index contributed by atoms with van der Waals surface area (Å²) in [4.78, 5) is 22.7. The third-order valence-corrected chi connectivity index (χ3v) is 2.58. The van der Waals surface area contributed by atoms with Crippen molar-refractivity contribution in [3.8, 4) is 0 Å². The largest absolute Gasteiger partial charge is 0.468 e. The number of carbonyl (C=O) groups excluding carboxylic acids is 1. The van der Waals surface area contributed by atoms with Crippen LogP contribution in [-0.2, 0) is 16.1 Å². The monoisotopic (exact) mass is 313 g/mol. The molecule has 0 saturated heterocycles. The Hall–Kier alpha value is -1.77. The van der Waals surface area contributed by atoms with E-state index in [1.165, 1.54) is 0 Å². The maximum absolute atomic E-state index is 12.0. The van der Waals surface area contributed by atoms with Gasteiger partial charge in [-0.1, -0.05) is 11.6 Å². The summed E-state index contributed by atoms with van der Waals surface area (Å²) in [6.07, 6.45) is -4.32. The summed E-state index contributed by atoms with van der Waals surface area (Å²) in [5.74, 6) is -0.701. The first-order chi connectivity index (χ1) is 9.24. The van der Waals surface area contributed by atoms with Crippen molar-refractivity contribution in [2.24, 2.45) is 0 Å². The van der Waals surface area contributed by atoms with Crippen molar-refractivity contribution < 1.29 is 22.7 Å². The molecule has 0 aromatic carbocycles. The Balaban J connectivity index is 2.79. The molecule has 20 heavy (non-hydrogen) atoms. The SMILES string of the molecule is COC(=O)Cn1ncc(NCCC(F)(F)F)c(Cl)c1=O. The lowest BCUT2D eigenvalue weighted by Crippen LogP contribution is -2.28. The van der Waals surface area contributed by atoms with Gasteiger partial charge in [0.1, 0.15) is 11.6 Å². The van der Waals surface area contributed by atoms with Crippen LogP contribution in [0.3, 0.4) is 0 Å². The van der Waals surface area contributed by atoms with Gasteiger partial charge in [-0.05, 0) is 0 Å². The lowest BCUT2D eigenvalue weighted by atomic mass is 10.4. The molecule has 0 aliphatic rings. The topological polar surface area (TPSA) is 73.2 Å². The highest BCUT2D eigenvalue weighted by Crippen LogP contribution is 2.21. The summed E-state index contributed by atoms with van der Waals surface area (Å²) < 4.78 is 41.0. The van der Waals surface area contributed by atoms with Gasteiger partial charge in [-0.15, -0.1) is 0 Å². The van der Waals surface area contributed by atoms with Gasteiger partial charge in [-0.2, -0.15) is 18.3 Å². The van der Waals surface area contributed by atoms with Crippen LogP contribution in [0.15, 0.2) is 11.0 Å². The summed E-state index contributed by atoms with van der Waals surface area (Å²) in [7, 11) is 1.14. The fourth-order valence-corrected chi connectivity index (χ4v) is 1.44. The number of carbonyl (C=O) groups is 1. The molecule has 0 radical (unpaired) electrons. The fourth-order valence-electron chi connectivity index (χ4n) is 1.23. The van der Waals surface area contributed by atoms with Crippen molar-refractivity contribution in [2.75, 3.05) is 19.0 Å². The number of halogens is 4. The van der Waals surface area contributed by atoms with Gasteiger partial charge in [0, 0.05) is 6.54 Å². The standard InChI is InChI=1S/C10H11ClF3N3O3/c1-20-7(18)5-17-9(19)8(11)6(4-16-17)15-3-2-10(12,13)14/h4,15H,2-3,5H2,1H3. The van der Waals surface area contributed by atoms with Gasteiger partial charge < -0.3 is 10.1 Å². The number of aromatic nitrogens is 2. The Bertz CT molecular complexity index is 545. The van der Waals surface area contributed by atoms with Crippen LogP contribution in [0.5, 0.6) is 0 Å². The van der Waals surface area contributed by atoms with E-state index in [4.69, 9.17) is 11.6 Å². The van der Waals surface area contributed by atoms with E-state index in [1.54, 1.807) is 0 Å². The highest BCUT2D eigenvalue weighted by molar-refractivity contribution is 6.32. The van der Waals surface area contributed by atoms with Crippen molar-refractivity contribution in [1.82, 2.24) is 9.78 Å². The predicted molar refractivity (Wildman–Crippen MR) is 64.7 cm³/mol. The molecule has 1 N–H and O–H groups in total. The molecule has 112 valence electrons. The molecule has 0 saturated carbocycles. The number of methoxy groups -OCH3 is 1. The zero-order valence-corrected chi connectivity index (χ0v) is 11.1. The maximum atomic E-state index is 12.0. The van der Waals surface area contributed by atoms with Crippen LogP contribution in [0.2, 0.25) is 5.02 Å². The van der Waals surface area contributed by atoms with Gasteiger partial charge in [-0.3, -0.25) is 9.59 Å². The average molecular weight is 314 g/mol. The zero-order valence-electron chi connectivity index (χ0n) is 10.3. The van der Waals surface area contributed by atoms with E-state index in [0.29, 0.717) is 0 Å². The molecule has 0 aliphatic carbocycles. The minimum Gasteiger partial charge on any atom is -0.468 e. The van der Waals surface area contributed by atoms with Crippen LogP contribution >= 0.6 is 11.6 Å². The average Bonchev–Trinajstić information content (AvgIpc) is 2.36. The highest BCUT2D eigenvalue weighted by atomic mass is 35.5. The van der Waals surface area contributed by atoms with Crippen molar-refractivity contribution in [3.63, 3.8) is 0 Å². The molecular weight excluding hydrogens is 303 g/mol. The Morgan fingerprint density at radius 1 is 1.55 bits per heavy atom. The number of alkyl halides is 3. The van der Waals surface area contributed by atoms with Crippen LogP contribution in [0.1, 0.15) is 6.42 Å². The van der Waals surface area contributed by atoms with Crippen molar-refractivity contribution >= 4 is 23.3 Å². The van der Waals surface area contributed by atoms with Gasteiger partial charge in [0.15, 0.2) is 0 Å². The first kappa shape index (κ1) is 16.3. The van der Waals surface area contributed by atoms with Crippen molar-refractivity contribution in [2.45, 2.75) is 19.1 Å². The summed E-state index contributed by atoms with van der Waals surface area (Å²) >= 11 is 5.71. The van der Waals surface area contributed by atoms with Gasteiger partial charge in [0.2, 0.25) is 0 Å². The molecule has 6 nitrogen and oxygen atoms in total. The zero-order chi connectivity index (χ0) is 15.3. The predicted octanol–water partition coefficient (Wildman–Crippen LogP) is 1.43. The smallest absolute Gasteiger partial charge is 0.390 e. The lowest BCUT2D eigenvalue weighted by Gasteiger charge is -2.11. The van der Waals surface area contributed by atoms with Gasteiger partial charge >= 0.3 is 12.1 Å². The van der Waals surface area contributed by atoms with Crippen molar-refractivity contribution in [1.29, 1.82) is 0 Å². The minimum atomic E-state index is -4.31. The van der Waals surface area contributed by atoms with Crippen LogP contribution in [0.25, 0.3) is 0 Å². The molecule has 0 fully saturated rings. The van der Waals surface area contributed by atoms with E-state index >= 15 is 0 Å². The molecule has 10 heteroatoms. The Morgan fingerprint density at radius 3 is 2.75 bits per heavy atom. The molecule has 0 atom stereocenters. The molecule has 0 amide bonds. The lowest BCUT2D eigenvalue weighted by molar-refractivity contribution is -0.141. The van der Waals surface area contributed by atoms with E-state index in [1.807, 2.05) is 0 Å². The Kier molecular flexibility index (Phi) is 5.37. The maximum Gasteiger partial charge on any atom is 0.390 e. The number of nitrogens with one attached hydrogen (secondary N) is 1. The van der Waals surface area contributed by atoms with E-state index in [0.717, 1.165) is 18.0 Å². The first-order valence-corrected chi connectivity index (χ1v) is 5.75. The molecular formula is C10H11ClF3N3O3. The molecule has 1 rings (SSSR count). The third kappa shape index (κ3) is 4.72. The normalized spacial score (nSPS) is 11.2. The number of anilines is 1. The molecule has 0 unspecified atom stereocenters. The van der Waals surface area contributed by atoms with E-state index in [9.17, 15) is 22.8 Å². The quantitative estimate of drug-likeness (QED) is 0.833. The first-order valence-electron chi connectivity index (χ1n) is 5.37. The second-order valence-electron chi connectivity index (χ2n) is 3.70. The van der Waals surface area contributed by atoms with Crippen LogP contribution in [0.4, 0.5) is 18.9 Å². The van der Waals surface area contributed by atoms with E-state index < -0.39 is 37.2 Å². The molecule has 0 bridgehead atoms. The second-order valence-corrected chi connectivity index (χ2v) is 4.08. The Labute approximate surface area is 116 Å². The fraction of sp³-hybridized carbons (Fsp3) is 0.500. The molecule has 1 aromatic heterocycles. The summed E-state index contributed by atoms with van der Waals surface area (Å²) in [5, 5.41) is 5.64. The summed E-state index contributed by atoms with van der Waals surface area (Å²) in [5.41, 5.74) is -0.823. The van der Waals surface area contributed by atoms with Crippen molar-refractivity contribution in [3.05, 3.63) is 21.6 Å². The summed E-state index contributed by atoms with van der Waals surface area (Å²) in [6, 6.07) is 0. The molecule has 1 heterocycles. The number of nitrogens with zero attached hydrogens (tertiary/aromatic N) is 2. The molecule has 0 spiro atoms. The van der Waals surface area contributed by atoms with E-state index in [2.05, 4.69) is 15.2 Å². The highest BCUT2D eigenvalue weighted by Gasteiger charge is 2.26. The number of hydrogen-bond donors (Lipinski definition) is 1. The second kappa shape index (κ2) is 6.60. The Morgan fingerprint density at radius 2 is 2.20 bits per heavy atom. The number of rotatable bonds is 5. The minimum absolute atomic E-state index is 0.0259. The van der Waals surface area contributed by atoms with E-state index in [-0.39, 0.29) is 10.7 Å². The van der Waals surface area contributed by atoms with Gasteiger partial charge in [0.05, 0.1) is 25.4 Å². The van der Waals surface area contributed by atoms with Gasteiger partial charge in [0.25, 0.3) is 5.56 Å². The number of esters is 1.